The topological polar surface area (TPSA) is 78.4 Å². The summed E-state index contributed by atoms with van der Waals surface area (Å²) in [6.45, 7) is 3.23. The van der Waals surface area contributed by atoms with E-state index in [2.05, 4.69) is 10.6 Å². The van der Waals surface area contributed by atoms with Gasteiger partial charge in [-0.15, -0.1) is 0 Å². The van der Waals surface area contributed by atoms with Crippen molar-refractivity contribution in [2.75, 3.05) is 10.6 Å². The Labute approximate surface area is 155 Å². The van der Waals surface area contributed by atoms with Gasteiger partial charge in [0.05, 0.1) is 16.3 Å². The van der Waals surface area contributed by atoms with E-state index in [1.54, 1.807) is 48.5 Å². The van der Waals surface area contributed by atoms with E-state index >= 15 is 0 Å². The van der Waals surface area contributed by atoms with Crippen molar-refractivity contribution in [2.45, 2.75) is 13.8 Å². The van der Waals surface area contributed by atoms with Crippen LogP contribution in [-0.4, -0.2) is 16.9 Å². The number of carbonyl (C=O) groups excluding carboxylic acids is 2. The van der Waals surface area contributed by atoms with E-state index in [1.165, 1.54) is 6.92 Å². The molecule has 0 atom stereocenters. The number of phenols is 1. The third-order valence-corrected chi connectivity index (χ3v) is 4.34. The lowest BCUT2D eigenvalue weighted by molar-refractivity contribution is -0.114. The van der Waals surface area contributed by atoms with Crippen molar-refractivity contribution >= 4 is 45.6 Å². The number of carbonyl (C=O) groups is 2. The molecule has 0 spiro atoms. The lowest BCUT2D eigenvalue weighted by atomic mass is 9.98. The molecule has 0 unspecified atom stereocenters. The first-order valence-electron chi connectivity index (χ1n) is 7.97. The maximum absolute atomic E-state index is 12.6. The molecule has 132 valence electrons. The second-order valence-electron chi connectivity index (χ2n) is 5.93. The first kappa shape index (κ1) is 17.8. The highest BCUT2D eigenvalue weighted by molar-refractivity contribution is 6.34. The van der Waals surface area contributed by atoms with Crippen molar-refractivity contribution in [3.8, 4) is 5.75 Å². The van der Waals surface area contributed by atoms with Crippen LogP contribution in [0.15, 0.2) is 48.5 Å². The Morgan fingerprint density at radius 1 is 1.00 bits per heavy atom. The molecule has 0 aliphatic heterocycles. The van der Waals surface area contributed by atoms with Gasteiger partial charge in [-0.1, -0.05) is 35.9 Å². The van der Waals surface area contributed by atoms with E-state index < -0.39 is 5.91 Å². The predicted octanol–water partition coefficient (Wildman–Crippen LogP) is 4.72. The molecule has 3 rings (SSSR count). The largest absolute Gasteiger partial charge is 0.506 e. The minimum Gasteiger partial charge on any atom is -0.506 e. The number of nitrogens with one attached hydrogen (secondary N) is 2. The maximum atomic E-state index is 12.6. The van der Waals surface area contributed by atoms with E-state index in [1.807, 2.05) is 6.92 Å². The highest BCUT2D eigenvalue weighted by Crippen LogP contribution is 2.36. The average molecular weight is 369 g/mol. The third-order valence-electron chi connectivity index (χ3n) is 4.01. The van der Waals surface area contributed by atoms with Crippen LogP contribution in [0.2, 0.25) is 5.02 Å². The van der Waals surface area contributed by atoms with Crippen LogP contribution >= 0.6 is 11.6 Å². The monoisotopic (exact) mass is 368 g/mol. The standard InChI is InChI=1S/C20H17ClN2O3/c1-11-10-14(20(26)23-16-8-4-3-7-15(16)21)19(25)13-6-5-9-17(18(11)13)22-12(2)24/h3-10,25H,1-2H3,(H,22,24)(H,23,26). The minimum atomic E-state index is -0.467. The third kappa shape index (κ3) is 3.34. The van der Waals surface area contributed by atoms with Crippen molar-refractivity contribution in [3.63, 3.8) is 0 Å². The van der Waals surface area contributed by atoms with Crippen LogP contribution in [0.3, 0.4) is 0 Å². The van der Waals surface area contributed by atoms with E-state index in [9.17, 15) is 14.7 Å². The Bertz CT molecular complexity index is 1030. The molecule has 0 saturated carbocycles. The molecule has 0 bridgehead atoms. The molecule has 5 nitrogen and oxygen atoms in total. The summed E-state index contributed by atoms with van der Waals surface area (Å²) in [5.74, 6) is -0.829. The summed E-state index contributed by atoms with van der Waals surface area (Å²) >= 11 is 6.07. The summed E-state index contributed by atoms with van der Waals surface area (Å²) in [5.41, 5.74) is 1.94. The molecule has 3 N–H and O–H groups in total. The highest BCUT2D eigenvalue weighted by Gasteiger charge is 2.18. The Kier molecular flexibility index (Phi) is 4.82. The number of rotatable bonds is 3. The van der Waals surface area contributed by atoms with Gasteiger partial charge in [-0.2, -0.15) is 0 Å². The number of aromatic hydroxyl groups is 1. The molecule has 0 saturated heterocycles. The normalized spacial score (nSPS) is 10.6. The predicted molar refractivity (Wildman–Crippen MR) is 104 cm³/mol. The Morgan fingerprint density at radius 3 is 2.38 bits per heavy atom. The van der Waals surface area contributed by atoms with Crippen molar-refractivity contribution in [1.29, 1.82) is 0 Å². The van der Waals surface area contributed by atoms with Crippen LogP contribution in [0.4, 0.5) is 11.4 Å². The molecule has 0 aliphatic carbocycles. The number of hydrogen-bond donors (Lipinski definition) is 3. The first-order valence-corrected chi connectivity index (χ1v) is 8.35. The Balaban J connectivity index is 2.08. The molecule has 2 amide bonds. The quantitative estimate of drug-likeness (QED) is 0.626. The van der Waals surface area contributed by atoms with Crippen LogP contribution in [0.1, 0.15) is 22.8 Å². The van der Waals surface area contributed by atoms with Gasteiger partial charge in [0, 0.05) is 23.4 Å². The number of benzene rings is 3. The summed E-state index contributed by atoms with van der Waals surface area (Å²) in [4.78, 5) is 24.1. The van der Waals surface area contributed by atoms with Crippen LogP contribution in [0.25, 0.3) is 10.8 Å². The van der Waals surface area contributed by atoms with Crippen molar-refractivity contribution in [1.82, 2.24) is 0 Å². The van der Waals surface area contributed by atoms with Crippen molar-refractivity contribution in [2.24, 2.45) is 0 Å². The summed E-state index contributed by atoms with van der Waals surface area (Å²) in [6, 6.07) is 13.6. The fourth-order valence-electron chi connectivity index (χ4n) is 2.90. The molecule has 3 aromatic carbocycles. The summed E-state index contributed by atoms with van der Waals surface area (Å²) < 4.78 is 0. The first-order chi connectivity index (χ1) is 12.4. The van der Waals surface area contributed by atoms with Gasteiger partial charge in [-0.25, -0.2) is 0 Å². The molecular weight excluding hydrogens is 352 g/mol. The van der Waals surface area contributed by atoms with Crippen molar-refractivity contribution in [3.05, 3.63) is 64.7 Å². The van der Waals surface area contributed by atoms with E-state index in [0.29, 0.717) is 27.2 Å². The number of hydrogen-bond acceptors (Lipinski definition) is 3. The number of para-hydroxylation sites is 1. The summed E-state index contributed by atoms with van der Waals surface area (Å²) in [7, 11) is 0. The van der Waals surface area contributed by atoms with Gasteiger partial charge < -0.3 is 15.7 Å². The molecule has 0 aromatic heterocycles. The number of anilines is 2. The molecular formula is C20H17ClN2O3. The van der Waals surface area contributed by atoms with Crippen molar-refractivity contribution < 1.29 is 14.7 Å². The second-order valence-corrected chi connectivity index (χ2v) is 6.34. The fourth-order valence-corrected chi connectivity index (χ4v) is 3.08. The number of fused-ring (bicyclic) bond motifs is 1. The van der Waals surface area contributed by atoms with Crippen LogP contribution in [-0.2, 0) is 4.79 Å². The lowest BCUT2D eigenvalue weighted by Crippen LogP contribution is -2.13. The summed E-state index contributed by atoms with van der Waals surface area (Å²) in [6.07, 6.45) is 0. The van der Waals surface area contributed by atoms with Gasteiger partial charge in [-0.3, -0.25) is 9.59 Å². The van der Waals surface area contributed by atoms with E-state index in [-0.39, 0.29) is 17.2 Å². The fraction of sp³-hybridized carbons (Fsp3) is 0.100. The van der Waals surface area contributed by atoms with Crippen LogP contribution < -0.4 is 10.6 Å². The molecule has 3 aromatic rings. The zero-order chi connectivity index (χ0) is 18.8. The van der Waals surface area contributed by atoms with E-state index in [0.717, 1.165) is 5.56 Å². The number of phenolic OH excluding ortho intramolecular Hbond substituents is 1. The minimum absolute atomic E-state index is 0.134. The molecule has 26 heavy (non-hydrogen) atoms. The lowest BCUT2D eigenvalue weighted by Gasteiger charge is -2.15. The van der Waals surface area contributed by atoms with Gasteiger partial charge in [-0.05, 0) is 36.8 Å². The Hall–Kier alpha value is -3.05. The van der Waals surface area contributed by atoms with Crippen LogP contribution in [0.5, 0.6) is 5.75 Å². The molecule has 0 heterocycles. The SMILES string of the molecule is CC(=O)Nc1cccc2c(O)c(C(=O)Nc3ccccc3Cl)cc(C)c12. The molecule has 6 heteroatoms. The molecule has 0 fully saturated rings. The van der Waals surface area contributed by atoms with Gasteiger partial charge in [0.2, 0.25) is 5.91 Å². The maximum Gasteiger partial charge on any atom is 0.259 e. The van der Waals surface area contributed by atoms with Crippen LogP contribution in [0, 0.1) is 6.92 Å². The molecule has 0 aliphatic rings. The zero-order valence-corrected chi connectivity index (χ0v) is 15.0. The van der Waals surface area contributed by atoms with Gasteiger partial charge in [0.15, 0.2) is 0 Å². The zero-order valence-electron chi connectivity index (χ0n) is 14.3. The second kappa shape index (κ2) is 7.06. The Morgan fingerprint density at radius 2 is 1.69 bits per heavy atom. The van der Waals surface area contributed by atoms with Gasteiger partial charge >= 0.3 is 0 Å². The van der Waals surface area contributed by atoms with Gasteiger partial charge in [0.25, 0.3) is 5.91 Å². The average Bonchev–Trinajstić information content (AvgIpc) is 2.59. The molecule has 0 radical (unpaired) electrons. The van der Waals surface area contributed by atoms with E-state index in [4.69, 9.17) is 11.6 Å². The number of halogens is 1. The van der Waals surface area contributed by atoms with Gasteiger partial charge in [0.1, 0.15) is 5.75 Å². The number of amides is 2. The number of aryl methyl sites for hydroxylation is 1. The highest BCUT2D eigenvalue weighted by atomic mass is 35.5. The smallest absolute Gasteiger partial charge is 0.259 e. The summed E-state index contributed by atoms with van der Waals surface area (Å²) in [5, 5.41) is 17.7.